The van der Waals surface area contributed by atoms with Crippen LogP contribution in [0.15, 0.2) is 29.1 Å². The van der Waals surface area contributed by atoms with Crippen LogP contribution >= 0.6 is 0 Å². The molecule has 0 aliphatic heterocycles. The fourth-order valence-electron chi connectivity index (χ4n) is 1.90. The summed E-state index contributed by atoms with van der Waals surface area (Å²) in [6, 6.07) is 7.67. The fourth-order valence-corrected chi connectivity index (χ4v) is 1.90. The summed E-state index contributed by atoms with van der Waals surface area (Å²) in [6.07, 6.45) is 0. The van der Waals surface area contributed by atoms with Gasteiger partial charge >= 0.3 is 0 Å². The quantitative estimate of drug-likeness (QED) is 0.832. The van der Waals surface area contributed by atoms with E-state index < -0.39 is 0 Å². The van der Waals surface area contributed by atoms with Crippen molar-refractivity contribution in [2.75, 3.05) is 19.5 Å². The number of hydrogen-bond acceptors (Lipinski definition) is 3. The van der Waals surface area contributed by atoms with Crippen molar-refractivity contribution in [1.82, 2.24) is 4.57 Å². The number of rotatable bonds is 2. The lowest BCUT2D eigenvalue weighted by Gasteiger charge is -2.13. The summed E-state index contributed by atoms with van der Waals surface area (Å²) < 4.78 is 6.92. The molecule has 1 heterocycles. The van der Waals surface area contributed by atoms with Crippen molar-refractivity contribution in [2.45, 2.75) is 0 Å². The zero-order valence-electron chi connectivity index (χ0n) is 9.57. The van der Waals surface area contributed by atoms with Crippen LogP contribution in [0, 0.1) is 0 Å². The monoisotopic (exact) mass is 218 g/mol. The number of methoxy groups -OCH3 is 1. The fraction of sp³-hybridized carbons (Fsp3) is 0.250. The molecule has 0 aliphatic rings. The number of nitrogens with zero attached hydrogens (tertiary/aromatic N) is 1. The number of anilines is 1. The van der Waals surface area contributed by atoms with Crippen molar-refractivity contribution in [1.29, 1.82) is 0 Å². The minimum absolute atomic E-state index is 0.0851. The Morgan fingerprint density at radius 3 is 2.62 bits per heavy atom. The van der Waals surface area contributed by atoms with Gasteiger partial charge in [-0.2, -0.15) is 0 Å². The van der Waals surface area contributed by atoms with E-state index in [9.17, 15) is 4.79 Å². The van der Waals surface area contributed by atoms with Gasteiger partial charge in [-0.25, -0.2) is 0 Å². The molecule has 0 amide bonds. The molecule has 4 heteroatoms. The molecule has 4 nitrogen and oxygen atoms in total. The van der Waals surface area contributed by atoms with Crippen molar-refractivity contribution < 1.29 is 4.74 Å². The van der Waals surface area contributed by atoms with E-state index in [0.717, 1.165) is 10.9 Å². The smallest absolute Gasteiger partial charge is 0.277 e. The summed E-state index contributed by atoms with van der Waals surface area (Å²) in [6.45, 7) is 0. The Labute approximate surface area is 93.5 Å². The topological polar surface area (TPSA) is 43.3 Å². The van der Waals surface area contributed by atoms with E-state index >= 15 is 0 Å². The minimum atomic E-state index is -0.0851. The van der Waals surface area contributed by atoms with Gasteiger partial charge in [0.05, 0.1) is 12.6 Å². The lowest BCUT2D eigenvalue weighted by atomic mass is 10.2. The number of pyridine rings is 1. The first-order chi connectivity index (χ1) is 7.70. The van der Waals surface area contributed by atoms with Gasteiger partial charge in [0.15, 0.2) is 5.75 Å². The van der Waals surface area contributed by atoms with E-state index in [0.29, 0.717) is 11.4 Å². The van der Waals surface area contributed by atoms with Crippen LogP contribution in [-0.2, 0) is 7.05 Å². The van der Waals surface area contributed by atoms with Crippen molar-refractivity contribution >= 4 is 16.6 Å². The standard InChI is InChI=1S/C12H14N2O2/c1-13-10-11(16-3)8-6-4-5-7-9(8)14(2)12(10)15/h4-7,13H,1-3H3. The highest BCUT2D eigenvalue weighted by Gasteiger charge is 2.13. The molecule has 84 valence electrons. The van der Waals surface area contributed by atoms with Gasteiger partial charge < -0.3 is 14.6 Å². The van der Waals surface area contributed by atoms with Crippen LogP contribution in [0.25, 0.3) is 10.9 Å². The van der Waals surface area contributed by atoms with Crippen LogP contribution in [-0.4, -0.2) is 18.7 Å². The van der Waals surface area contributed by atoms with E-state index in [1.807, 2.05) is 24.3 Å². The molecule has 0 spiro atoms. The van der Waals surface area contributed by atoms with Gasteiger partial charge in [-0.15, -0.1) is 0 Å². The van der Waals surface area contributed by atoms with E-state index in [1.54, 1.807) is 25.8 Å². The molecule has 0 aliphatic carbocycles. The number of ether oxygens (including phenoxy) is 1. The van der Waals surface area contributed by atoms with Gasteiger partial charge in [-0.3, -0.25) is 4.79 Å². The number of para-hydroxylation sites is 1. The van der Waals surface area contributed by atoms with Crippen molar-refractivity contribution in [3.05, 3.63) is 34.6 Å². The molecule has 16 heavy (non-hydrogen) atoms. The molecular formula is C12H14N2O2. The highest BCUT2D eigenvalue weighted by atomic mass is 16.5. The second-order valence-corrected chi connectivity index (χ2v) is 3.54. The number of aryl methyl sites for hydroxylation is 1. The first kappa shape index (κ1) is 10.5. The number of hydrogen-bond donors (Lipinski definition) is 1. The predicted molar refractivity (Wildman–Crippen MR) is 65.3 cm³/mol. The molecule has 0 unspecified atom stereocenters. The second-order valence-electron chi connectivity index (χ2n) is 3.54. The molecular weight excluding hydrogens is 204 g/mol. The molecule has 2 aromatic rings. The summed E-state index contributed by atoms with van der Waals surface area (Å²) in [5.41, 5.74) is 1.27. The van der Waals surface area contributed by atoms with Gasteiger partial charge in [0, 0.05) is 19.5 Å². The van der Waals surface area contributed by atoms with E-state index in [-0.39, 0.29) is 5.56 Å². The maximum Gasteiger partial charge on any atom is 0.277 e. The van der Waals surface area contributed by atoms with Crippen LogP contribution in [0.5, 0.6) is 5.75 Å². The summed E-state index contributed by atoms with van der Waals surface area (Å²) in [7, 11) is 5.04. The summed E-state index contributed by atoms with van der Waals surface area (Å²) in [5.74, 6) is 0.598. The van der Waals surface area contributed by atoms with E-state index in [2.05, 4.69) is 5.32 Å². The zero-order chi connectivity index (χ0) is 11.7. The van der Waals surface area contributed by atoms with Gasteiger partial charge in [0.2, 0.25) is 0 Å². The molecule has 1 aromatic heterocycles. The number of nitrogens with one attached hydrogen (secondary N) is 1. The van der Waals surface area contributed by atoms with Gasteiger partial charge in [-0.05, 0) is 12.1 Å². The third-order valence-electron chi connectivity index (χ3n) is 2.71. The first-order valence-electron chi connectivity index (χ1n) is 5.04. The molecule has 2 rings (SSSR count). The molecule has 0 radical (unpaired) electrons. The molecule has 0 atom stereocenters. The number of benzene rings is 1. The average molecular weight is 218 g/mol. The molecule has 1 N–H and O–H groups in total. The third kappa shape index (κ3) is 1.34. The van der Waals surface area contributed by atoms with E-state index in [1.165, 1.54) is 0 Å². The summed E-state index contributed by atoms with van der Waals surface area (Å²) in [4.78, 5) is 12.0. The first-order valence-corrected chi connectivity index (χ1v) is 5.04. The maximum absolute atomic E-state index is 12.0. The van der Waals surface area contributed by atoms with E-state index in [4.69, 9.17) is 4.74 Å². The maximum atomic E-state index is 12.0. The Hall–Kier alpha value is -1.97. The molecule has 0 saturated heterocycles. The van der Waals surface area contributed by atoms with Gasteiger partial charge in [-0.1, -0.05) is 12.1 Å². The SMILES string of the molecule is CNc1c(OC)c2ccccc2n(C)c1=O. The second kappa shape index (κ2) is 3.89. The van der Waals surface area contributed by atoms with Crippen LogP contribution < -0.4 is 15.6 Å². The molecule has 0 bridgehead atoms. The molecule has 1 aromatic carbocycles. The highest BCUT2D eigenvalue weighted by molar-refractivity contribution is 5.90. The number of fused-ring (bicyclic) bond motifs is 1. The Kier molecular flexibility index (Phi) is 2.56. The zero-order valence-corrected chi connectivity index (χ0v) is 9.57. The van der Waals surface area contributed by atoms with Crippen LogP contribution in [0.4, 0.5) is 5.69 Å². The van der Waals surface area contributed by atoms with Gasteiger partial charge in [0.25, 0.3) is 5.56 Å². The van der Waals surface area contributed by atoms with Crippen molar-refractivity contribution in [3.63, 3.8) is 0 Å². The van der Waals surface area contributed by atoms with Crippen LogP contribution in [0.2, 0.25) is 0 Å². The van der Waals surface area contributed by atoms with Crippen LogP contribution in [0.1, 0.15) is 0 Å². The Balaban J connectivity index is 3.01. The summed E-state index contributed by atoms with van der Waals surface area (Å²) in [5, 5.41) is 3.82. The average Bonchev–Trinajstić information content (AvgIpc) is 2.33. The molecule has 0 fully saturated rings. The van der Waals surface area contributed by atoms with Gasteiger partial charge in [0.1, 0.15) is 5.69 Å². The highest BCUT2D eigenvalue weighted by Crippen LogP contribution is 2.29. The normalized spacial score (nSPS) is 10.4. The summed E-state index contributed by atoms with van der Waals surface area (Å²) >= 11 is 0. The Morgan fingerprint density at radius 2 is 2.00 bits per heavy atom. The predicted octanol–water partition coefficient (Wildman–Crippen LogP) is 1.59. The lowest BCUT2D eigenvalue weighted by Crippen LogP contribution is -2.21. The largest absolute Gasteiger partial charge is 0.494 e. The van der Waals surface area contributed by atoms with Crippen LogP contribution in [0.3, 0.4) is 0 Å². The molecule has 0 saturated carbocycles. The van der Waals surface area contributed by atoms with Crippen molar-refractivity contribution in [2.24, 2.45) is 7.05 Å². The van der Waals surface area contributed by atoms with Crippen molar-refractivity contribution in [3.8, 4) is 5.75 Å². The minimum Gasteiger partial charge on any atom is -0.494 e. The Bertz CT molecular complexity index is 587. The Morgan fingerprint density at radius 1 is 1.31 bits per heavy atom. The lowest BCUT2D eigenvalue weighted by molar-refractivity contribution is 0.420. The third-order valence-corrected chi connectivity index (χ3v) is 2.71. The number of aromatic nitrogens is 1.